The number of ether oxygens (including phenoxy) is 1. The van der Waals surface area contributed by atoms with Crippen molar-refractivity contribution in [3.8, 4) is 0 Å². The maximum absolute atomic E-state index is 12.1. The van der Waals surface area contributed by atoms with Crippen LogP contribution in [0.15, 0.2) is 0 Å². The SMILES string of the molecule is CCOC(CN)CCN1C(=O)C2CCCC2C1=O. The number of hydrogen-bond acceptors (Lipinski definition) is 4. The maximum Gasteiger partial charge on any atom is 0.233 e. The molecular formula is C13H22N2O3. The molecule has 1 saturated heterocycles. The molecule has 1 aliphatic heterocycles. The van der Waals surface area contributed by atoms with Crippen LogP contribution in [0, 0.1) is 11.8 Å². The molecule has 1 aliphatic carbocycles. The molecular weight excluding hydrogens is 232 g/mol. The van der Waals surface area contributed by atoms with Crippen molar-refractivity contribution >= 4 is 11.8 Å². The van der Waals surface area contributed by atoms with Gasteiger partial charge in [-0.05, 0) is 26.2 Å². The first kappa shape index (κ1) is 13.5. The lowest BCUT2D eigenvalue weighted by Gasteiger charge is -2.20. The third kappa shape index (κ3) is 2.42. The predicted molar refractivity (Wildman–Crippen MR) is 66.6 cm³/mol. The first-order valence-electron chi connectivity index (χ1n) is 6.86. The largest absolute Gasteiger partial charge is 0.377 e. The van der Waals surface area contributed by atoms with Crippen LogP contribution in [0.3, 0.4) is 0 Å². The molecule has 102 valence electrons. The Hall–Kier alpha value is -0.940. The molecule has 2 N–H and O–H groups in total. The number of nitrogens with two attached hydrogens (primary N) is 1. The molecule has 0 radical (unpaired) electrons. The van der Waals surface area contributed by atoms with E-state index in [0.29, 0.717) is 26.1 Å². The first-order valence-corrected chi connectivity index (χ1v) is 6.86. The number of carbonyl (C=O) groups excluding carboxylic acids is 2. The molecule has 0 spiro atoms. The van der Waals surface area contributed by atoms with Crippen LogP contribution in [-0.4, -0.2) is 42.5 Å². The maximum atomic E-state index is 12.1. The molecule has 3 atom stereocenters. The van der Waals surface area contributed by atoms with Crippen molar-refractivity contribution in [2.45, 2.75) is 38.7 Å². The topological polar surface area (TPSA) is 72.6 Å². The van der Waals surface area contributed by atoms with E-state index in [-0.39, 0.29) is 29.8 Å². The lowest BCUT2D eigenvalue weighted by molar-refractivity contribution is -0.140. The number of likely N-dealkylation sites (tertiary alicyclic amines) is 1. The molecule has 2 aliphatic rings. The Morgan fingerprint density at radius 1 is 1.33 bits per heavy atom. The normalized spacial score (nSPS) is 28.9. The molecule has 2 fully saturated rings. The average Bonchev–Trinajstić information content (AvgIpc) is 2.92. The van der Waals surface area contributed by atoms with E-state index in [1.54, 1.807) is 0 Å². The molecule has 2 rings (SSSR count). The van der Waals surface area contributed by atoms with E-state index in [0.717, 1.165) is 19.3 Å². The van der Waals surface area contributed by atoms with Gasteiger partial charge in [0, 0.05) is 19.7 Å². The summed E-state index contributed by atoms with van der Waals surface area (Å²) in [5.41, 5.74) is 5.59. The van der Waals surface area contributed by atoms with Gasteiger partial charge in [0.05, 0.1) is 17.9 Å². The standard InChI is InChI=1S/C13H22N2O3/c1-2-18-9(8-14)6-7-15-12(16)10-4-3-5-11(10)13(15)17/h9-11H,2-8,14H2,1H3. The summed E-state index contributed by atoms with van der Waals surface area (Å²) in [5, 5.41) is 0. The van der Waals surface area contributed by atoms with Crippen LogP contribution in [0.1, 0.15) is 32.6 Å². The fourth-order valence-corrected chi connectivity index (χ4v) is 3.06. The van der Waals surface area contributed by atoms with Gasteiger partial charge in [0.1, 0.15) is 0 Å². The fourth-order valence-electron chi connectivity index (χ4n) is 3.06. The van der Waals surface area contributed by atoms with Crippen LogP contribution in [0.4, 0.5) is 0 Å². The zero-order valence-corrected chi connectivity index (χ0v) is 10.9. The van der Waals surface area contributed by atoms with Gasteiger partial charge in [-0.3, -0.25) is 14.5 Å². The molecule has 2 amide bonds. The van der Waals surface area contributed by atoms with Gasteiger partial charge in [-0.2, -0.15) is 0 Å². The average molecular weight is 254 g/mol. The summed E-state index contributed by atoms with van der Waals surface area (Å²) in [6.45, 7) is 3.40. The zero-order valence-electron chi connectivity index (χ0n) is 10.9. The lowest BCUT2D eigenvalue weighted by Crippen LogP contribution is -2.36. The Morgan fingerprint density at radius 2 is 1.94 bits per heavy atom. The molecule has 3 unspecified atom stereocenters. The minimum absolute atomic E-state index is 0.0229. The fraction of sp³-hybridized carbons (Fsp3) is 0.846. The van der Waals surface area contributed by atoms with E-state index in [1.807, 2.05) is 6.92 Å². The van der Waals surface area contributed by atoms with E-state index in [2.05, 4.69) is 0 Å². The number of nitrogens with zero attached hydrogens (tertiary/aromatic N) is 1. The quantitative estimate of drug-likeness (QED) is 0.702. The molecule has 1 saturated carbocycles. The number of carbonyl (C=O) groups is 2. The van der Waals surface area contributed by atoms with E-state index < -0.39 is 0 Å². The highest BCUT2D eigenvalue weighted by Gasteiger charge is 2.49. The number of amides is 2. The second-order valence-corrected chi connectivity index (χ2v) is 5.07. The van der Waals surface area contributed by atoms with Crippen molar-refractivity contribution in [3.05, 3.63) is 0 Å². The van der Waals surface area contributed by atoms with Gasteiger partial charge >= 0.3 is 0 Å². The van der Waals surface area contributed by atoms with Crippen LogP contribution in [-0.2, 0) is 14.3 Å². The third-order valence-corrected chi connectivity index (χ3v) is 4.02. The first-order chi connectivity index (χ1) is 8.69. The molecule has 5 heteroatoms. The molecule has 0 aromatic rings. The van der Waals surface area contributed by atoms with Crippen molar-refractivity contribution < 1.29 is 14.3 Å². The zero-order chi connectivity index (χ0) is 13.1. The number of rotatable bonds is 6. The summed E-state index contributed by atoms with van der Waals surface area (Å²) in [7, 11) is 0. The predicted octanol–water partition coefficient (Wildman–Crippen LogP) is 0.525. The van der Waals surface area contributed by atoms with E-state index in [9.17, 15) is 9.59 Å². The second kappa shape index (κ2) is 5.80. The lowest BCUT2D eigenvalue weighted by atomic mass is 10.00. The van der Waals surface area contributed by atoms with Crippen molar-refractivity contribution in [2.75, 3.05) is 19.7 Å². The smallest absolute Gasteiger partial charge is 0.233 e. The summed E-state index contributed by atoms with van der Waals surface area (Å²) >= 11 is 0. The Balaban J connectivity index is 1.90. The van der Waals surface area contributed by atoms with Crippen molar-refractivity contribution in [3.63, 3.8) is 0 Å². The van der Waals surface area contributed by atoms with Crippen LogP contribution in [0.25, 0.3) is 0 Å². The van der Waals surface area contributed by atoms with E-state index >= 15 is 0 Å². The minimum atomic E-state index is -0.0592. The molecule has 1 heterocycles. The van der Waals surface area contributed by atoms with Gasteiger partial charge in [0.15, 0.2) is 0 Å². The van der Waals surface area contributed by atoms with E-state index in [4.69, 9.17) is 10.5 Å². The number of fused-ring (bicyclic) bond motifs is 1. The summed E-state index contributed by atoms with van der Waals surface area (Å²) in [6, 6.07) is 0. The Labute approximate surface area is 108 Å². The summed E-state index contributed by atoms with van der Waals surface area (Å²) in [4.78, 5) is 25.6. The van der Waals surface area contributed by atoms with Gasteiger partial charge in [-0.25, -0.2) is 0 Å². The molecule has 0 bridgehead atoms. The highest BCUT2D eigenvalue weighted by atomic mass is 16.5. The third-order valence-electron chi connectivity index (χ3n) is 4.02. The van der Waals surface area contributed by atoms with Gasteiger partial charge in [0.2, 0.25) is 11.8 Å². The number of imide groups is 1. The van der Waals surface area contributed by atoms with Crippen LogP contribution in [0.2, 0.25) is 0 Å². The summed E-state index contributed by atoms with van der Waals surface area (Å²) < 4.78 is 5.44. The summed E-state index contributed by atoms with van der Waals surface area (Å²) in [6.07, 6.45) is 3.33. The van der Waals surface area contributed by atoms with Crippen LogP contribution >= 0.6 is 0 Å². The van der Waals surface area contributed by atoms with Crippen molar-refractivity contribution in [1.29, 1.82) is 0 Å². The van der Waals surface area contributed by atoms with Crippen molar-refractivity contribution in [2.24, 2.45) is 17.6 Å². The highest BCUT2D eigenvalue weighted by Crippen LogP contribution is 2.39. The molecule has 5 nitrogen and oxygen atoms in total. The van der Waals surface area contributed by atoms with E-state index in [1.165, 1.54) is 4.90 Å². The molecule has 18 heavy (non-hydrogen) atoms. The highest BCUT2D eigenvalue weighted by molar-refractivity contribution is 6.05. The van der Waals surface area contributed by atoms with Gasteiger partial charge < -0.3 is 10.5 Å². The van der Waals surface area contributed by atoms with Crippen LogP contribution < -0.4 is 5.73 Å². The van der Waals surface area contributed by atoms with Gasteiger partial charge in [-0.1, -0.05) is 6.42 Å². The van der Waals surface area contributed by atoms with Crippen molar-refractivity contribution in [1.82, 2.24) is 4.90 Å². The number of hydrogen-bond donors (Lipinski definition) is 1. The minimum Gasteiger partial charge on any atom is -0.377 e. The second-order valence-electron chi connectivity index (χ2n) is 5.07. The Morgan fingerprint density at radius 3 is 2.44 bits per heavy atom. The molecule has 0 aromatic heterocycles. The molecule has 0 aromatic carbocycles. The summed E-state index contributed by atoms with van der Waals surface area (Å²) in [5.74, 6) is -0.0358. The van der Waals surface area contributed by atoms with Crippen LogP contribution in [0.5, 0.6) is 0 Å². The Bertz CT molecular complexity index is 310. The Kier molecular flexibility index (Phi) is 4.35. The van der Waals surface area contributed by atoms with Gasteiger partial charge in [0.25, 0.3) is 0 Å². The monoisotopic (exact) mass is 254 g/mol. The van der Waals surface area contributed by atoms with Gasteiger partial charge in [-0.15, -0.1) is 0 Å².